The predicted octanol–water partition coefficient (Wildman–Crippen LogP) is 3.05. The van der Waals surface area contributed by atoms with Gasteiger partial charge >= 0.3 is 0 Å². The molecule has 4 nitrogen and oxygen atoms in total. The van der Waals surface area contributed by atoms with Crippen molar-refractivity contribution in [3.63, 3.8) is 0 Å². The first-order chi connectivity index (χ1) is 9.13. The molecule has 0 spiro atoms. The molecule has 19 heavy (non-hydrogen) atoms. The molecule has 100 valence electrons. The highest BCUT2D eigenvalue weighted by Crippen LogP contribution is 2.43. The van der Waals surface area contributed by atoms with E-state index in [1.165, 1.54) is 6.42 Å². The fraction of sp³-hybridized carbons (Fsp3) is 0.429. The van der Waals surface area contributed by atoms with Crippen LogP contribution in [0.5, 0.6) is 0 Å². The molecule has 0 aromatic heterocycles. The van der Waals surface area contributed by atoms with Crippen molar-refractivity contribution in [1.29, 1.82) is 0 Å². The smallest absolute Gasteiger partial charge is 0.233 e. The quantitative estimate of drug-likeness (QED) is 0.645. The van der Waals surface area contributed by atoms with Crippen LogP contribution in [0.3, 0.4) is 0 Å². The lowest BCUT2D eigenvalue weighted by molar-refractivity contribution is -0.123. The lowest BCUT2D eigenvalue weighted by Gasteiger charge is -2.30. The first kappa shape index (κ1) is 12.5. The summed E-state index contributed by atoms with van der Waals surface area (Å²) in [7, 11) is 0. The van der Waals surface area contributed by atoms with Crippen LogP contribution in [-0.2, 0) is 9.59 Å². The van der Waals surface area contributed by atoms with Gasteiger partial charge in [0.25, 0.3) is 0 Å². The molecule has 1 aromatic carbocycles. The van der Waals surface area contributed by atoms with Gasteiger partial charge in [0.05, 0.1) is 16.8 Å². The van der Waals surface area contributed by atoms with E-state index in [2.05, 4.69) is 10.6 Å². The highest BCUT2D eigenvalue weighted by molar-refractivity contribution is 6.21. The van der Waals surface area contributed by atoms with Gasteiger partial charge in [0.2, 0.25) is 11.8 Å². The first-order valence-corrected chi connectivity index (χ1v) is 6.95. The molecular formula is C14H15ClN2O2. The summed E-state index contributed by atoms with van der Waals surface area (Å²) in [5, 5.41) is 5.43. The van der Waals surface area contributed by atoms with Gasteiger partial charge in [0.15, 0.2) is 0 Å². The van der Waals surface area contributed by atoms with Crippen LogP contribution >= 0.6 is 11.6 Å². The second kappa shape index (κ2) is 4.85. The van der Waals surface area contributed by atoms with Gasteiger partial charge in [-0.3, -0.25) is 9.59 Å². The van der Waals surface area contributed by atoms with E-state index < -0.39 is 0 Å². The molecule has 1 atom stereocenters. The molecule has 1 aliphatic heterocycles. The normalized spacial score (nSPS) is 20.7. The van der Waals surface area contributed by atoms with Crippen molar-refractivity contribution >= 4 is 34.8 Å². The number of carbonyl (C=O) groups excluding carboxylic acids is 2. The van der Waals surface area contributed by atoms with Gasteiger partial charge in [-0.25, -0.2) is 0 Å². The maximum absolute atomic E-state index is 11.5. The van der Waals surface area contributed by atoms with Crippen molar-refractivity contribution in [2.45, 2.75) is 31.1 Å². The molecule has 1 aliphatic carbocycles. The summed E-state index contributed by atoms with van der Waals surface area (Å²) >= 11 is 6.46. The Morgan fingerprint density at radius 3 is 2.42 bits per heavy atom. The van der Waals surface area contributed by atoms with Crippen LogP contribution in [-0.4, -0.2) is 11.8 Å². The van der Waals surface area contributed by atoms with E-state index in [4.69, 9.17) is 11.6 Å². The SMILES string of the molecule is O=C1CC(=O)Nc2cc(C(Cl)C3CCC3)ccc2N1. The lowest BCUT2D eigenvalue weighted by atomic mass is 9.80. The Hall–Kier alpha value is -1.55. The minimum Gasteiger partial charge on any atom is -0.324 e. The molecule has 3 rings (SSSR count). The molecule has 0 bridgehead atoms. The Kier molecular flexibility index (Phi) is 3.19. The number of carbonyl (C=O) groups is 2. The molecule has 5 heteroatoms. The van der Waals surface area contributed by atoms with E-state index in [-0.39, 0.29) is 23.6 Å². The number of amides is 2. The van der Waals surface area contributed by atoms with Crippen molar-refractivity contribution in [3.8, 4) is 0 Å². The minimum absolute atomic E-state index is 0.0186. The average molecular weight is 279 g/mol. The zero-order chi connectivity index (χ0) is 13.4. The van der Waals surface area contributed by atoms with E-state index in [0.717, 1.165) is 18.4 Å². The van der Waals surface area contributed by atoms with Crippen molar-refractivity contribution < 1.29 is 9.59 Å². The number of rotatable bonds is 2. The summed E-state index contributed by atoms with van der Waals surface area (Å²) in [6, 6.07) is 5.60. The Morgan fingerprint density at radius 1 is 1.11 bits per heavy atom. The molecular weight excluding hydrogens is 264 g/mol. The molecule has 2 N–H and O–H groups in total. The van der Waals surface area contributed by atoms with E-state index in [9.17, 15) is 9.59 Å². The van der Waals surface area contributed by atoms with Crippen LogP contribution in [0.1, 0.15) is 36.6 Å². The number of anilines is 2. The Morgan fingerprint density at radius 2 is 1.79 bits per heavy atom. The van der Waals surface area contributed by atoms with Gasteiger partial charge in [0, 0.05) is 0 Å². The second-order valence-electron chi connectivity index (χ2n) is 5.17. The molecule has 2 amide bonds. The number of hydrogen-bond acceptors (Lipinski definition) is 2. The summed E-state index contributed by atoms with van der Waals surface area (Å²) in [4.78, 5) is 23.0. The topological polar surface area (TPSA) is 58.2 Å². The van der Waals surface area contributed by atoms with Crippen molar-refractivity contribution in [1.82, 2.24) is 0 Å². The molecule has 1 fully saturated rings. The molecule has 0 saturated heterocycles. The monoisotopic (exact) mass is 278 g/mol. The summed E-state index contributed by atoms with van der Waals surface area (Å²) in [5.74, 6) is -0.0515. The van der Waals surface area contributed by atoms with Gasteiger partial charge in [-0.1, -0.05) is 12.5 Å². The summed E-state index contributed by atoms with van der Waals surface area (Å²) in [5.41, 5.74) is 2.27. The maximum atomic E-state index is 11.5. The third kappa shape index (κ3) is 2.45. The summed E-state index contributed by atoms with van der Waals surface area (Å²) in [6.45, 7) is 0. The minimum atomic E-state index is -0.289. The molecule has 2 aliphatic rings. The highest BCUT2D eigenvalue weighted by atomic mass is 35.5. The maximum Gasteiger partial charge on any atom is 0.233 e. The third-order valence-electron chi connectivity index (χ3n) is 3.80. The van der Waals surface area contributed by atoms with Crippen molar-refractivity contribution in [3.05, 3.63) is 23.8 Å². The zero-order valence-corrected chi connectivity index (χ0v) is 11.2. The van der Waals surface area contributed by atoms with E-state index >= 15 is 0 Å². The fourth-order valence-electron chi connectivity index (χ4n) is 2.49. The van der Waals surface area contributed by atoms with Crippen molar-refractivity contribution in [2.75, 3.05) is 10.6 Å². The van der Waals surface area contributed by atoms with Crippen molar-refractivity contribution in [2.24, 2.45) is 5.92 Å². The molecule has 0 radical (unpaired) electrons. The molecule has 1 aromatic rings. The summed E-state index contributed by atoms with van der Waals surface area (Å²) in [6.07, 6.45) is 3.42. The van der Waals surface area contributed by atoms with Crippen LogP contribution in [0.15, 0.2) is 18.2 Å². The number of fused-ring (bicyclic) bond motifs is 1. The fourth-order valence-corrected chi connectivity index (χ4v) is 2.87. The van der Waals surface area contributed by atoms with E-state index in [1.807, 2.05) is 18.2 Å². The zero-order valence-electron chi connectivity index (χ0n) is 10.4. The number of halogens is 1. The average Bonchev–Trinajstić information content (AvgIpc) is 2.42. The van der Waals surface area contributed by atoms with Crippen LogP contribution in [0.4, 0.5) is 11.4 Å². The van der Waals surface area contributed by atoms with E-state index in [1.54, 1.807) is 0 Å². The Labute approximate surface area is 116 Å². The van der Waals surface area contributed by atoms with Gasteiger partial charge in [-0.15, -0.1) is 11.6 Å². The lowest BCUT2D eigenvalue weighted by Crippen LogP contribution is -2.17. The van der Waals surface area contributed by atoms with Gasteiger partial charge < -0.3 is 10.6 Å². The van der Waals surface area contributed by atoms with E-state index in [0.29, 0.717) is 17.3 Å². The van der Waals surface area contributed by atoms with Gasteiger partial charge in [0.1, 0.15) is 6.42 Å². The number of nitrogens with one attached hydrogen (secondary N) is 2. The highest BCUT2D eigenvalue weighted by Gasteiger charge is 2.28. The van der Waals surface area contributed by atoms with Crippen LogP contribution in [0, 0.1) is 5.92 Å². The van der Waals surface area contributed by atoms with Gasteiger partial charge in [-0.2, -0.15) is 0 Å². The van der Waals surface area contributed by atoms with Crippen LogP contribution in [0.2, 0.25) is 0 Å². The van der Waals surface area contributed by atoms with Crippen LogP contribution < -0.4 is 10.6 Å². The first-order valence-electron chi connectivity index (χ1n) is 6.51. The standard InChI is InChI=1S/C14H15ClN2O2/c15-14(8-2-1-3-8)9-4-5-10-11(6-9)17-13(19)7-12(18)16-10/h4-6,8,14H,1-3,7H2,(H,16,18)(H,17,19). The Bertz CT molecular complexity index is 540. The largest absolute Gasteiger partial charge is 0.324 e. The number of alkyl halides is 1. The summed E-state index contributed by atoms with van der Waals surface area (Å²) < 4.78 is 0. The molecule has 1 unspecified atom stereocenters. The third-order valence-corrected chi connectivity index (χ3v) is 4.40. The predicted molar refractivity (Wildman–Crippen MR) is 74.3 cm³/mol. The molecule has 1 heterocycles. The Balaban J connectivity index is 1.89. The number of benzene rings is 1. The van der Waals surface area contributed by atoms with Gasteiger partial charge in [-0.05, 0) is 36.5 Å². The second-order valence-corrected chi connectivity index (χ2v) is 5.64. The van der Waals surface area contributed by atoms with Crippen LogP contribution in [0.25, 0.3) is 0 Å². The number of hydrogen-bond donors (Lipinski definition) is 2. The molecule has 1 saturated carbocycles.